The highest BCUT2D eigenvalue weighted by Crippen LogP contribution is 2.39. The van der Waals surface area contributed by atoms with Crippen LogP contribution in [0.15, 0.2) is 72.3 Å². The van der Waals surface area contributed by atoms with E-state index in [4.69, 9.17) is 0 Å². The molecule has 0 N–H and O–H groups in total. The second-order valence-corrected chi connectivity index (χ2v) is 6.39. The fraction of sp³-hybridized carbons (Fsp3) is 0.100. The number of benzene rings is 2. The Kier molecular flexibility index (Phi) is 3.01. The van der Waals surface area contributed by atoms with Gasteiger partial charge in [0.25, 0.3) is 0 Å². The summed E-state index contributed by atoms with van der Waals surface area (Å²) in [6, 6.07) is 15.3. The zero-order chi connectivity index (χ0) is 14.2. The maximum absolute atomic E-state index is 2.34. The minimum atomic E-state index is 1.03. The van der Waals surface area contributed by atoms with E-state index in [0.29, 0.717) is 0 Å². The van der Waals surface area contributed by atoms with Crippen LogP contribution >= 0.6 is 11.3 Å². The van der Waals surface area contributed by atoms with Crippen LogP contribution in [0, 0.1) is 0 Å². The molecule has 0 amide bonds. The van der Waals surface area contributed by atoms with Gasteiger partial charge in [0, 0.05) is 20.2 Å². The third-order valence-corrected chi connectivity index (χ3v) is 5.34. The van der Waals surface area contributed by atoms with Gasteiger partial charge in [-0.2, -0.15) is 0 Å². The molecule has 1 heteroatoms. The molecule has 1 heterocycles. The molecular formula is C20H16S. The molecule has 0 unspecified atom stereocenters. The van der Waals surface area contributed by atoms with Crippen molar-refractivity contribution < 1.29 is 0 Å². The zero-order valence-corrected chi connectivity index (χ0v) is 12.8. The summed E-state index contributed by atoms with van der Waals surface area (Å²) in [5.41, 5.74) is 4.10. The van der Waals surface area contributed by atoms with E-state index in [-0.39, 0.29) is 0 Å². The number of fused-ring (bicyclic) bond motifs is 3. The lowest BCUT2D eigenvalue weighted by molar-refractivity contribution is 1.26. The van der Waals surface area contributed by atoms with Crippen LogP contribution < -0.4 is 0 Å². The molecule has 2 aromatic carbocycles. The van der Waals surface area contributed by atoms with Gasteiger partial charge >= 0.3 is 0 Å². The van der Waals surface area contributed by atoms with Crippen molar-refractivity contribution in [3.05, 3.63) is 77.9 Å². The van der Waals surface area contributed by atoms with Gasteiger partial charge in [-0.3, -0.25) is 0 Å². The zero-order valence-electron chi connectivity index (χ0n) is 12.0. The Bertz CT molecular complexity index is 919. The normalized spacial score (nSPS) is 16.8. The summed E-state index contributed by atoms with van der Waals surface area (Å²) >= 11 is 1.90. The molecule has 102 valence electrons. The van der Waals surface area contributed by atoms with Crippen LogP contribution in [0.1, 0.15) is 18.9 Å². The minimum absolute atomic E-state index is 1.03. The lowest BCUT2D eigenvalue weighted by atomic mass is 9.95. The largest absolute Gasteiger partial charge is 0.135 e. The molecule has 1 aliphatic rings. The third kappa shape index (κ3) is 2.05. The van der Waals surface area contributed by atoms with Gasteiger partial charge in [0.1, 0.15) is 0 Å². The number of rotatable bonds is 1. The summed E-state index contributed by atoms with van der Waals surface area (Å²) in [5.74, 6) is 0. The first-order valence-electron chi connectivity index (χ1n) is 7.31. The van der Waals surface area contributed by atoms with Gasteiger partial charge in [0.15, 0.2) is 0 Å². The molecule has 0 saturated carbocycles. The van der Waals surface area contributed by atoms with Gasteiger partial charge in [0.2, 0.25) is 0 Å². The molecule has 0 fully saturated rings. The van der Waals surface area contributed by atoms with E-state index >= 15 is 0 Å². The average Bonchev–Trinajstić information content (AvgIpc) is 2.94. The number of allylic oxidation sites excluding steroid dienone is 6. The molecule has 0 aliphatic heterocycles. The molecule has 21 heavy (non-hydrogen) atoms. The fourth-order valence-electron chi connectivity index (χ4n) is 2.95. The third-order valence-electron chi connectivity index (χ3n) is 4.12. The van der Waals surface area contributed by atoms with Gasteiger partial charge in [-0.1, -0.05) is 60.7 Å². The predicted molar refractivity (Wildman–Crippen MR) is 94.8 cm³/mol. The van der Waals surface area contributed by atoms with Crippen molar-refractivity contribution in [1.82, 2.24) is 0 Å². The number of hydrogen-bond donors (Lipinski definition) is 0. The van der Waals surface area contributed by atoms with Crippen LogP contribution in [0.4, 0.5) is 0 Å². The molecular weight excluding hydrogens is 272 g/mol. The highest BCUT2D eigenvalue weighted by atomic mass is 32.1. The Hall–Kier alpha value is -2.12. The topological polar surface area (TPSA) is 0 Å². The van der Waals surface area contributed by atoms with E-state index in [0.717, 1.165) is 6.42 Å². The van der Waals surface area contributed by atoms with Crippen LogP contribution in [-0.2, 0) is 0 Å². The predicted octanol–water partition coefficient (Wildman–Crippen LogP) is 6.34. The van der Waals surface area contributed by atoms with Gasteiger partial charge in [0.05, 0.1) is 0 Å². The second kappa shape index (κ2) is 5.01. The minimum Gasteiger partial charge on any atom is -0.135 e. The smallest absolute Gasteiger partial charge is 0.0433 e. The van der Waals surface area contributed by atoms with E-state index in [1.165, 1.54) is 36.9 Å². The molecule has 0 bridgehead atoms. The van der Waals surface area contributed by atoms with Crippen LogP contribution in [-0.4, -0.2) is 0 Å². The highest BCUT2D eigenvalue weighted by Gasteiger charge is 2.11. The maximum atomic E-state index is 2.34. The van der Waals surface area contributed by atoms with Crippen molar-refractivity contribution in [3.63, 3.8) is 0 Å². The first-order valence-corrected chi connectivity index (χ1v) is 8.12. The summed E-state index contributed by atoms with van der Waals surface area (Å²) < 4.78 is 2.77. The Morgan fingerprint density at radius 1 is 0.952 bits per heavy atom. The Balaban J connectivity index is 1.94. The van der Waals surface area contributed by atoms with Crippen LogP contribution in [0.3, 0.4) is 0 Å². The molecule has 0 radical (unpaired) electrons. The maximum Gasteiger partial charge on any atom is 0.0433 e. The molecule has 1 aliphatic carbocycles. The Labute approximate surface area is 128 Å². The van der Waals surface area contributed by atoms with Crippen molar-refractivity contribution in [2.45, 2.75) is 13.3 Å². The summed E-state index contributed by atoms with van der Waals surface area (Å²) in [5, 5.41) is 2.74. The van der Waals surface area contributed by atoms with Crippen molar-refractivity contribution in [2.24, 2.45) is 0 Å². The quantitative estimate of drug-likeness (QED) is 0.490. The van der Waals surface area contributed by atoms with E-state index in [1.54, 1.807) is 0 Å². The lowest BCUT2D eigenvalue weighted by Crippen LogP contribution is -1.88. The van der Waals surface area contributed by atoms with E-state index in [9.17, 15) is 0 Å². The molecule has 0 spiro atoms. The molecule has 0 nitrogen and oxygen atoms in total. The van der Waals surface area contributed by atoms with E-state index in [1.807, 2.05) is 11.3 Å². The van der Waals surface area contributed by atoms with Crippen molar-refractivity contribution in [1.29, 1.82) is 0 Å². The molecule has 4 rings (SSSR count). The van der Waals surface area contributed by atoms with Gasteiger partial charge in [-0.15, -0.1) is 11.3 Å². The van der Waals surface area contributed by atoms with Crippen molar-refractivity contribution >= 4 is 37.1 Å². The first kappa shape index (κ1) is 12.6. The first-order chi connectivity index (χ1) is 10.4. The lowest BCUT2D eigenvalue weighted by Gasteiger charge is -2.10. The average molecular weight is 288 g/mol. The molecule has 0 atom stereocenters. The van der Waals surface area contributed by atoms with Crippen LogP contribution in [0.25, 0.3) is 25.7 Å². The summed E-state index contributed by atoms with van der Waals surface area (Å²) in [4.78, 5) is 0. The fourth-order valence-corrected chi connectivity index (χ4v) is 4.19. The van der Waals surface area contributed by atoms with Gasteiger partial charge < -0.3 is 0 Å². The van der Waals surface area contributed by atoms with Gasteiger partial charge in [-0.25, -0.2) is 0 Å². The second-order valence-electron chi connectivity index (χ2n) is 5.34. The Morgan fingerprint density at radius 3 is 2.62 bits per heavy atom. The van der Waals surface area contributed by atoms with E-state index < -0.39 is 0 Å². The van der Waals surface area contributed by atoms with E-state index in [2.05, 4.69) is 73.7 Å². The number of hydrogen-bond acceptors (Lipinski definition) is 1. The highest BCUT2D eigenvalue weighted by molar-refractivity contribution is 7.26. The summed E-state index contributed by atoms with van der Waals surface area (Å²) in [7, 11) is 0. The van der Waals surface area contributed by atoms with Crippen LogP contribution in [0.5, 0.6) is 0 Å². The van der Waals surface area contributed by atoms with Crippen molar-refractivity contribution in [2.75, 3.05) is 0 Å². The van der Waals surface area contributed by atoms with Gasteiger partial charge in [-0.05, 0) is 36.1 Å². The van der Waals surface area contributed by atoms with Crippen LogP contribution in [0.2, 0.25) is 0 Å². The summed E-state index contributed by atoms with van der Waals surface area (Å²) in [6.07, 6.45) is 10.0. The monoisotopic (exact) mass is 288 g/mol. The molecule has 1 aromatic heterocycles. The van der Waals surface area contributed by atoms with Crippen molar-refractivity contribution in [3.8, 4) is 0 Å². The standard InChI is InChI=1S/C20H16S/c1-2-14-10-12-15(13-11-14)16-7-5-8-18-17-6-3-4-9-19(17)21-20(16)18/h2-10,12-13H,11H2,1H3. The molecule has 0 saturated heterocycles. The molecule has 3 aromatic rings. The number of thiophene rings is 1. The summed E-state index contributed by atoms with van der Waals surface area (Å²) in [6.45, 7) is 2.10. The SMILES string of the molecule is CC=C1C=CC(c2cccc3c2sc2ccccc23)=CC1. The Morgan fingerprint density at radius 2 is 1.81 bits per heavy atom.